The molecule has 1 rings (SSSR count). The zero-order chi connectivity index (χ0) is 11.4. The Morgan fingerprint density at radius 1 is 1.47 bits per heavy atom. The van der Waals surface area contributed by atoms with Crippen LogP contribution in [0.4, 0.5) is 5.82 Å². The highest BCUT2D eigenvalue weighted by molar-refractivity contribution is 6.31. The molecule has 5 heteroatoms. The van der Waals surface area contributed by atoms with Crippen LogP contribution in [0.1, 0.15) is 20.8 Å². The lowest BCUT2D eigenvalue weighted by molar-refractivity contribution is 0.409. The number of methoxy groups -OCH3 is 1. The van der Waals surface area contributed by atoms with Crippen molar-refractivity contribution in [1.29, 1.82) is 0 Å². The number of hydrogen-bond donors (Lipinski definition) is 0. The molecule has 4 nitrogen and oxygen atoms in total. The summed E-state index contributed by atoms with van der Waals surface area (Å²) in [6, 6.07) is 0.342. The molecule has 1 heterocycles. The quantitative estimate of drug-likeness (QED) is 0.743. The van der Waals surface area contributed by atoms with Gasteiger partial charge in [-0.15, -0.1) is 0 Å². The van der Waals surface area contributed by atoms with Crippen LogP contribution < -0.4 is 9.64 Å². The standard InChI is InChI=1S/C10H16ClN3O/c1-5-14(7(2)3)10-8(15-4)9(11)12-6-13-10/h6-7H,5H2,1-4H3. The molecule has 84 valence electrons. The zero-order valence-corrected chi connectivity index (χ0v) is 10.2. The van der Waals surface area contributed by atoms with Crippen molar-refractivity contribution in [2.45, 2.75) is 26.8 Å². The molecule has 0 N–H and O–H groups in total. The number of anilines is 1. The lowest BCUT2D eigenvalue weighted by atomic mass is 10.3. The van der Waals surface area contributed by atoms with Gasteiger partial charge in [0.05, 0.1) is 7.11 Å². The minimum absolute atomic E-state index is 0.342. The van der Waals surface area contributed by atoms with Crippen LogP contribution in [-0.2, 0) is 0 Å². The van der Waals surface area contributed by atoms with E-state index in [0.717, 1.165) is 12.4 Å². The van der Waals surface area contributed by atoms with Crippen molar-refractivity contribution < 1.29 is 4.74 Å². The van der Waals surface area contributed by atoms with Gasteiger partial charge in [-0.1, -0.05) is 11.6 Å². The van der Waals surface area contributed by atoms with Gasteiger partial charge in [0.15, 0.2) is 16.7 Å². The highest BCUT2D eigenvalue weighted by Crippen LogP contribution is 2.32. The van der Waals surface area contributed by atoms with Crippen LogP contribution in [-0.4, -0.2) is 29.7 Å². The van der Waals surface area contributed by atoms with Gasteiger partial charge >= 0.3 is 0 Å². The Hall–Kier alpha value is -1.03. The molecule has 0 saturated carbocycles. The van der Waals surface area contributed by atoms with E-state index < -0.39 is 0 Å². The van der Waals surface area contributed by atoms with Crippen molar-refractivity contribution >= 4 is 17.4 Å². The maximum absolute atomic E-state index is 5.93. The molecular weight excluding hydrogens is 214 g/mol. The third kappa shape index (κ3) is 2.50. The monoisotopic (exact) mass is 229 g/mol. The third-order valence-corrected chi connectivity index (χ3v) is 2.45. The summed E-state index contributed by atoms with van der Waals surface area (Å²) in [6.07, 6.45) is 1.45. The van der Waals surface area contributed by atoms with E-state index in [-0.39, 0.29) is 0 Å². The van der Waals surface area contributed by atoms with Gasteiger partial charge in [0.1, 0.15) is 6.33 Å². The largest absolute Gasteiger partial charge is 0.490 e. The van der Waals surface area contributed by atoms with E-state index in [4.69, 9.17) is 16.3 Å². The number of nitrogens with zero attached hydrogens (tertiary/aromatic N) is 3. The topological polar surface area (TPSA) is 38.2 Å². The van der Waals surface area contributed by atoms with Crippen LogP contribution in [0.5, 0.6) is 5.75 Å². The van der Waals surface area contributed by atoms with E-state index in [1.54, 1.807) is 7.11 Å². The molecule has 0 aliphatic rings. The number of halogens is 1. The summed E-state index contributed by atoms with van der Waals surface area (Å²) in [7, 11) is 1.57. The van der Waals surface area contributed by atoms with Gasteiger partial charge in [-0.25, -0.2) is 9.97 Å². The van der Waals surface area contributed by atoms with E-state index in [2.05, 4.69) is 35.6 Å². The normalized spacial score (nSPS) is 10.5. The first-order chi connectivity index (χ1) is 7.11. The lowest BCUT2D eigenvalue weighted by Gasteiger charge is -2.27. The van der Waals surface area contributed by atoms with E-state index >= 15 is 0 Å². The Kier molecular flexibility index (Phi) is 4.15. The summed E-state index contributed by atoms with van der Waals surface area (Å²) >= 11 is 5.93. The van der Waals surface area contributed by atoms with Gasteiger partial charge in [-0.05, 0) is 20.8 Å². The van der Waals surface area contributed by atoms with Crippen molar-refractivity contribution in [3.63, 3.8) is 0 Å². The SMILES string of the molecule is CCN(c1ncnc(Cl)c1OC)C(C)C. The van der Waals surface area contributed by atoms with Crippen molar-refractivity contribution in [2.75, 3.05) is 18.6 Å². The van der Waals surface area contributed by atoms with Gasteiger partial charge in [0.2, 0.25) is 0 Å². The summed E-state index contributed by atoms with van der Waals surface area (Å²) in [5.41, 5.74) is 0. The van der Waals surface area contributed by atoms with Crippen LogP contribution >= 0.6 is 11.6 Å². The highest BCUT2D eigenvalue weighted by Gasteiger charge is 2.17. The van der Waals surface area contributed by atoms with Gasteiger partial charge in [-0.3, -0.25) is 0 Å². The van der Waals surface area contributed by atoms with Gasteiger partial charge in [-0.2, -0.15) is 0 Å². The van der Waals surface area contributed by atoms with Crippen molar-refractivity contribution in [3.05, 3.63) is 11.5 Å². The van der Waals surface area contributed by atoms with Crippen molar-refractivity contribution in [2.24, 2.45) is 0 Å². The van der Waals surface area contributed by atoms with E-state index in [0.29, 0.717) is 16.9 Å². The Bertz CT molecular complexity index is 330. The first-order valence-corrected chi connectivity index (χ1v) is 5.30. The molecule has 0 radical (unpaired) electrons. The highest BCUT2D eigenvalue weighted by atomic mass is 35.5. The predicted octanol–water partition coefficient (Wildman–Crippen LogP) is 2.37. The average Bonchev–Trinajstić information content (AvgIpc) is 2.18. The Morgan fingerprint density at radius 3 is 2.60 bits per heavy atom. The number of aromatic nitrogens is 2. The maximum atomic E-state index is 5.93. The summed E-state index contributed by atoms with van der Waals surface area (Å²) < 4.78 is 5.21. The van der Waals surface area contributed by atoms with Crippen LogP contribution in [0.2, 0.25) is 5.15 Å². The summed E-state index contributed by atoms with van der Waals surface area (Å²) in [5.74, 6) is 1.28. The number of hydrogen-bond acceptors (Lipinski definition) is 4. The van der Waals surface area contributed by atoms with Gasteiger partial charge in [0.25, 0.3) is 0 Å². The molecule has 0 saturated heterocycles. The molecule has 0 aromatic carbocycles. The second-order valence-electron chi connectivity index (χ2n) is 3.40. The molecule has 0 amide bonds. The van der Waals surface area contributed by atoms with Crippen LogP contribution in [0, 0.1) is 0 Å². The molecule has 0 aliphatic carbocycles. The summed E-state index contributed by atoms with van der Waals surface area (Å²) in [5, 5.41) is 0.349. The van der Waals surface area contributed by atoms with Crippen LogP contribution in [0.15, 0.2) is 6.33 Å². The second kappa shape index (κ2) is 5.16. The van der Waals surface area contributed by atoms with E-state index in [1.807, 2.05) is 0 Å². The van der Waals surface area contributed by atoms with Crippen LogP contribution in [0.3, 0.4) is 0 Å². The molecule has 0 bridgehead atoms. The average molecular weight is 230 g/mol. The minimum atomic E-state index is 0.342. The molecule has 1 aromatic heterocycles. The Balaban J connectivity index is 3.16. The molecular formula is C10H16ClN3O. The second-order valence-corrected chi connectivity index (χ2v) is 3.76. The summed E-state index contributed by atoms with van der Waals surface area (Å²) in [6.45, 7) is 7.11. The minimum Gasteiger partial charge on any atom is -0.490 e. The van der Waals surface area contributed by atoms with Gasteiger partial charge < -0.3 is 9.64 Å². The Morgan fingerprint density at radius 2 is 2.13 bits per heavy atom. The molecule has 0 fully saturated rings. The van der Waals surface area contributed by atoms with Crippen molar-refractivity contribution in [1.82, 2.24) is 9.97 Å². The van der Waals surface area contributed by atoms with Crippen LogP contribution in [0.25, 0.3) is 0 Å². The molecule has 1 aromatic rings. The van der Waals surface area contributed by atoms with Crippen molar-refractivity contribution in [3.8, 4) is 5.75 Å². The predicted molar refractivity (Wildman–Crippen MR) is 61.8 cm³/mol. The smallest absolute Gasteiger partial charge is 0.199 e. The zero-order valence-electron chi connectivity index (χ0n) is 9.49. The number of ether oxygens (including phenoxy) is 1. The fraction of sp³-hybridized carbons (Fsp3) is 0.600. The lowest BCUT2D eigenvalue weighted by Crippen LogP contribution is -2.31. The third-order valence-electron chi connectivity index (χ3n) is 2.18. The maximum Gasteiger partial charge on any atom is 0.199 e. The van der Waals surface area contributed by atoms with Gasteiger partial charge in [0, 0.05) is 12.6 Å². The fourth-order valence-electron chi connectivity index (χ4n) is 1.48. The number of rotatable bonds is 4. The van der Waals surface area contributed by atoms with E-state index in [1.165, 1.54) is 6.33 Å². The summed E-state index contributed by atoms with van der Waals surface area (Å²) in [4.78, 5) is 10.2. The molecule has 0 atom stereocenters. The molecule has 0 unspecified atom stereocenters. The van der Waals surface area contributed by atoms with E-state index in [9.17, 15) is 0 Å². The molecule has 15 heavy (non-hydrogen) atoms. The molecule has 0 spiro atoms. The Labute approximate surface area is 95.2 Å². The fourth-order valence-corrected chi connectivity index (χ4v) is 1.69. The first-order valence-electron chi connectivity index (χ1n) is 4.92. The molecule has 0 aliphatic heterocycles. The first kappa shape index (κ1) is 12.0.